The van der Waals surface area contributed by atoms with E-state index in [2.05, 4.69) is 37.5 Å². The molecule has 3 nitrogen and oxygen atoms in total. The molecule has 0 saturated carbocycles. The maximum Gasteiger partial charge on any atom is 0.265 e. The van der Waals surface area contributed by atoms with Crippen LogP contribution in [-0.4, -0.2) is 24.0 Å². The van der Waals surface area contributed by atoms with E-state index in [1.807, 2.05) is 17.1 Å². The molecule has 2 rings (SSSR count). The van der Waals surface area contributed by atoms with Gasteiger partial charge in [-0.3, -0.25) is 10.2 Å². The largest absolute Gasteiger partial charge is 0.284 e. The minimum absolute atomic E-state index is 0.00890. The average molecular weight is 286 g/mol. The number of unbranched alkanes of at least 4 members (excludes halogenated alkanes) is 1. The Morgan fingerprint density at radius 1 is 1.24 bits per heavy atom. The number of hydrazine groups is 1. The molecule has 1 aliphatic heterocycles. The standard InChI is InChI=1S/C18H26N2O/c1-3-5-6-16-7-9-17(10-8-16)18(21)19-20-13-11-15(4-2)12-14-20/h7-11H,3-6,12-14H2,1-2H3,(H,19,21). The predicted octanol–water partition coefficient (Wildman–Crippen LogP) is 3.72. The smallest absolute Gasteiger partial charge is 0.265 e. The fourth-order valence-electron chi connectivity index (χ4n) is 2.55. The van der Waals surface area contributed by atoms with Crippen molar-refractivity contribution in [1.82, 2.24) is 10.4 Å². The second-order valence-corrected chi connectivity index (χ2v) is 5.65. The van der Waals surface area contributed by atoms with Gasteiger partial charge < -0.3 is 0 Å². The van der Waals surface area contributed by atoms with Crippen LogP contribution in [0.5, 0.6) is 0 Å². The first-order valence-corrected chi connectivity index (χ1v) is 8.05. The van der Waals surface area contributed by atoms with Gasteiger partial charge in [0.2, 0.25) is 0 Å². The minimum Gasteiger partial charge on any atom is -0.284 e. The van der Waals surface area contributed by atoms with Crippen LogP contribution in [0.4, 0.5) is 0 Å². The molecule has 1 aliphatic rings. The lowest BCUT2D eigenvalue weighted by molar-refractivity contribution is 0.0801. The molecule has 1 N–H and O–H groups in total. The lowest BCUT2D eigenvalue weighted by Crippen LogP contribution is -2.44. The van der Waals surface area contributed by atoms with E-state index < -0.39 is 0 Å². The van der Waals surface area contributed by atoms with E-state index in [1.165, 1.54) is 24.0 Å². The molecule has 0 unspecified atom stereocenters. The Hall–Kier alpha value is -1.61. The molecule has 0 fully saturated rings. The van der Waals surface area contributed by atoms with Crippen LogP contribution in [0.3, 0.4) is 0 Å². The topological polar surface area (TPSA) is 32.3 Å². The van der Waals surface area contributed by atoms with Crippen molar-refractivity contribution in [2.45, 2.75) is 46.0 Å². The summed E-state index contributed by atoms with van der Waals surface area (Å²) >= 11 is 0. The highest BCUT2D eigenvalue weighted by molar-refractivity contribution is 5.93. The molecule has 114 valence electrons. The number of nitrogens with zero attached hydrogens (tertiary/aromatic N) is 1. The summed E-state index contributed by atoms with van der Waals surface area (Å²) in [4.78, 5) is 12.2. The van der Waals surface area contributed by atoms with Crippen molar-refractivity contribution < 1.29 is 4.79 Å². The summed E-state index contributed by atoms with van der Waals surface area (Å²) < 4.78 is 0. The monoisotopic (exact) mass is 286 g/mol. The third-order valence-electron chi connectivity index (χ3n) is 4.05. The second kappa shape index (κ2) is 7.99. The molecule has 1 aromatic carbocycles. The zero-order valence-corrected chi connectivity index (χ0v) is 13.2. The van der Waals surface area contributed by atoms with E-state index in [4.69, 9.17) is 0 Å². The van der Waals surface area contributed by atoms with Crippen LogP contribution in [0.25, 0.3) is 0 Å². The molecule has 0 radical (unpaired) electrons. The zero-order chi connectivity index (χ0) is 15.1. The Morgan fingerprint density at radius 2 is 2.00 bits per heavy atom. The van der Waals surface area contributed by atoms with Gasteiger partial charge >= 0.3 is 0 Å². The predicted molar refractivity (Wildman–Crippen MR) is 87.1 cm³/mol. The summed E-state index contributed by atoms with van der Waals surface area (Å²) in [7, 11) is 0. The average Bonchev–Trinajstić information content (AvgIpc) is 2.54. The summed E-state index contributed by atoms with van der Waals surface area (Å²) in [6.07, 6.45) is 7.87. The number of carbonyl (C=O) groups is 1. The molecular formula is C18H26N2O. The van der Waals surface area contributed by atoms with Gasteiger partial charge in [0, 0.05) is 18.7 Å². The lowest BCUT2D eigenvalue weighted by Gasteiger charge is -2.26. The Labute approximate surface area is 128 Å². The lowest BCUT2D eigenvalue weighted by atomic mass is 10.1. The molecule has 21 heavy (non-hydrogen) atoms. The van der Waals surface area contributed by atoms with Gasteiger partial charge in [-0.05, 0) is 43.4 Å². The van der Waals surface area contributed by atoms with Crippen LogP contribution in [0.15, 0.2) is 35.9 Å². The van der Waals surface area contributed by atoms with E-state index >= 15 is 0 Å². The van der Waals surface area contributed by atoms with E-state index in [-0.39, 0.29) is 5.91 Å². The number of rotatable bonds is 6. The van der Waals surface area contributed by atoms with Gasteiger partial charge in [-0.15, -0.1) is 0 Å². The maximum atomic E-state index is 12.2. The fourth-order valence-corrected chi connectivity index (χ4v) is 2.55. The molecule has 1 heterocycles. The second-order valence-electron chi connectivity index (χ2n) is 5.65. The van der Waals surface area contributed by atoms with Crippen molar-refractivity contribution in [3.63, 3.8) is 0 Å². The molecular weight excluding hydrogens is 260 g/mol. The van der Waals surface area contributed by atoms with Gasteiger partial charge in [-0.25, -0.2) is 5.01 Å². The molecule has 0 aliphatic carbocycles. The van der Waals surface area contributed by atoms with Gasteiger partial charge in [0.1, 0.15) is 0 Å². The Bertz CT molecular complexity index is 490. The number of amides is 1. The molecule has 0 atom stereocenters. The van der Waals surface area contributed by atoms with Crippen LogP contribution in [0.1, 0.15) is 55.5 Å². The van der Waals surface area contributed by atoms with Crippen molar-refractivity contribution in [3.05, 3.63) is 47.0 Å². The first-order chi connectivity index (χ1) is 10.2. The fraction of sp³-hybridized carbons (Fsp3) is 0.500. The van der Waals surface area contributed by atoms with Crippen molar-refractivity contribution in [1.29, 1.82) is 0 Å². The van der Waals surface area contributed by atoms with Crippen molar-refractivity contribution in [3.8, 4) is 0 Å². The molecule has 1 amide bonds. The molecule has 1 aromatic rings. The quantitative estimate of drug-likeness (QED) is 0.808. The van der Waals surface area contributed by atoms with Gasteiger partial charge in [-0.2, -0.15) is 0 Å². The molecule has 0 bridgehead atoms. The maximum absolute atomic E-state index is 12.2. The number of hydrogen-bond acceptors (Lipinski definition) is 2. The van der Waals surface area contributed by atoms with Gasteiger partial charge in [-0.1, -0.05) is 44.1 Å². The highest BCUT2D eigenvalue weighted by Crippen LogP contribution is 2.13. The van der Waals surface area contributed by atoms with Gasteiger partial charge in [0.25, 0.3) is 5.91 Å². The number of nitrogens with one attached hydrogen (secondary N) is 1. The summed E-state index contributed by atoms with van der Waals surface area (Å²) in [5, 5.41) is 1.99. The molecule has 0 aromatic heterocycles. The normalized spacial score (nSPS) is 15.6. The van der Waals surface area contributed by atoms with E-state index in [0.717, 1.165) is 37.9 Å². The van der Waals surface area contributed by atoms with Crippen molar-refractivity contribution in [2.75, 3.05) is 13.1 Å². The SMILES string of the molecule is CCCCc1ccc(C(=O)NN2CC=C(CC)CC2)cc1. The van der Waals surface area contributed by atoms with Crippen LogP contribution in [-0.2, 0) is 6.42 Å². The summed E-state index contributed by atoms with van der Waals surface area (Å²) in [5.41, 5.74) is 6.52. The minimum atomic E-state index is -0.00890. The van der Waals surface area contributed by atoms with Crippen LogP contribution >= 0.6 is 0 Å². The summed E-state index contributed by atoms with van der Waals surface area (Å²) in [5.74, 6) is -0.00890. The first-order valence-electron chi connectivity index (χ1n) is 8.05. The Kier molecular flexibility index (Phi) is 6.00. The van der Waals surface area contributed by atoms with Crippen LogP contribution < -0.4 is 5.43 Å². The number of aryl methyl sites for hydroxylation is 1. The molecule has 0 saturated heterocycles. The zero-order valence-electron chi connectivity index (χ0n) is 13.2. The van der Waals surface area contributed by atoms with E-state index in [1.54, 1.807) is 0 Å². The number of benzene rings is 1. The van der Waals surface area contributed by atoms with Crippen LogP contribution in [0.2, 0.25) is 0 Å². The van der Waals surface area contributed by atoms with Crippen LogP contribution in [0, 0.1) is 0 Å². The Morgan fingerprint density at radius 3 is 2.57 bits per heavy atom. The van der Waals surface area contributed by atoms with E-state index in [0.29, 0.717) is 0 Å². The Balaban J connectivity index is 1.87. The third-order valence-corrected chi connectivity index (χ3v) is 4.05. The molecule has 3 heteroatoms. The number of hydrogen-bond donors (Lipinski definition) is 1. The highest BCUT2D eigenvalue weighted by atomic mass is 16.2. The van der Waals surface area contributed by atoms with Gasteiger partial charge in [0.15, 0.2) is 0 Å². The van der Waals surface area contributed by atoms with Crippen molar-refractivity contribution >= 4 is 5.91 Å². The molecule has 0 spiro atoms. The third kappa shape index (κ3) is 4.71. The first kappa shape index (κ1) is 15.8. The van der Waals surface area contributed by atoms with E-state index in [9.17, 15) is 4.79 Å². The van der Waals surface area contributed by atoms with Gasteiger partial charge in [0.05, 0.1) is 0 Å². The summed E-state index contributed by atoms with van der Waals surface area (Å²) in [6, 6.07) is 7.99. The van der Waals surface area contributed by atoms with Crippen molar-refractivity contribution in [2.24, 2.45) is 0 Å². The summed E-state index contributed by atoms with van der Waals surface area (Å²) in [6.45, 7) is 6.09. The highest BCUT2D eigenvalue weighted by Gasteiger charge is 2.14. The number of carbonyl (C=O) groups excluding carboxylic acids is 1.